The van der Waals surface area contributed by atoms with E-state index >= 15 is 0 Å². The molecule has 0 radical (unpaired) electrons. The standard InChI is InChI=1S/C23H23Cl2N3O3S/c1-30-17-4-6-19(21(12-17)31-2)22-26-16(14-32-22)13-27-7-9-28(10-8-27)23(29)18-5-3-15(24)11-20(18)25/h3-6,11-12,14H,7-10,13H2,1-2H3. The summed E-state index contributed by atoms with van der Waals surface area (Å²) in [5.41, 5.74) is 2.44. The van der Waals surface area contributed by atoms with Crippen molar-refractivity contribution < 1.29 is 14.3 Å². The first-order chi connectivity index (χ1) is 15.5. The molecule has 3 aromatic rings. The number of halogens is 2. The van der Waals surface area contributed by atoms with E-state index in [4.69, 9.17) is 37.7 Å². The van der Waals surface area contributed by atoms with Crippen molar-refractivity contribution in [3.63, 3.8) is 0 Å². The second-order valence-electron chi connectivity index (χ2n) is 7.40. The highest BCUT2D eigenvalue weighted by molar-refractivity contribution is 7.13. The first kappa shape index (κ1) is 22.9. The summed E-state index contributed by atoms with van der Waals surface area (Å²) in [5, 5.41) is 3.88. The summed E-state index contributed by atoms with van der Waals surface area (Å²) in [7, 11) is 3.28. The minimum absolute atomic E-state index is 0.0612. The number of carbonyl (C=O) groups is 1. The summed E-state index contributed by atoms with van der Waals surface area (Å²) >= 11 is 13.7. The molecule has 1 saturated heterocycles. The van der Waals surface area contributed by atoms with Gasteiger partial charge in [0, 0.05) is 49.2 Å². The Morgan fingerprint density at radius 1 is 1.06 bits per heavy atom. The normalized spacial score (nSPS) is 14.4. The summed E-state index contributed by atoms with van der Waals surface area (Å²) in [6.07, 6.45) is 0. The number of hydrogen-bond donors (Lipinski definition) is 0. The van der Waals surface area contributed by atoms with Crippen LogP contribution < -0.4 is 9.47 Å². The van der Waals surface area contributed by atoms with Crippen LogP contribution in [0.3, 0.4) is 0 Å². The van der Waals surface area contributed by atoms with Crippen molar-refractivity contribution in [3.05, 3.63) is 63.1 Å². The van der Waals surface area contributed by atoms with E-state index in [1.54, 1.807) is 43.8 Å². The molecule has 2 heterocycles. The zero-order valence-electron chi connectivity index (χ0n) is 17.8. The van der Waals surface area contributed by atoms with E-state index in [0.717, 1.165) is 47.4 Å². The summed E-state index contributed by atoms with van der Waals surface area (Å²) in [6, 6.07) is 10.7. The fourth-order valence-electron chi connectivity index (χ4n) is 3.65. The third-order valence-electron chi connectivity index (χ3n) is 5.40. The zero-order chi connectivity index (χ0) is 22.7. The fraction of sp³-hybridized carbons (Fsp3) is 0.304. The summed E-state index contributed by atoms with van der Waals surface area (Å²) in [5.74, 6) is 1.42. The summed E-state index contributed by atoms with van der Waals surface area (Å²) in [6.45, 7) is 3.56. The maximum absolute atomic E-state index is 12.8. The molecule has 0 bridgehead atoms. The predicted octanol–water partition coefficient (Wildman–Crippen LogP) is 5.09. The van der Waals surface area contributed by atoms with Gasteiger partial charge in [0.2, 0.25) is 0 Å². The molecule has 0 N–H and O–H groups in total. The molecule has 32 heavy (non-hydrogen) atoms. The number of piperazine rings is 1. The lowest BCUT2D eigenvalue weighted by Crippen LogP contribution is -2.48. The van der Waals surface area contributed by atoms with Gasteiger partial charge in [0.05, 0.1) is 36.1 Å². The van der Waals surface area contributed by atoms with Crippen molar-refractivity contribution in [2.24, 2.45) is 0 Å². The van der Waals surface area contributed by atoms with Gasteiger partial charge in [-0.1, -0.05) is 23.2 Å². The van der Waals surface area contributed by atoms with E-state index in [9.17, 15) is 4.79 Å². The number of methoxy groups -OCH3 is 2. The maximum Gasteiger partial charge on any atom is 0.255 e. The predicted molar refractivity (Wildman–Crippen MR) is 128 cm³/mol. The lowest BCUT2D eigenvalue weighted by molar-refractivity contribution is 0.0627. The van der Waals surface area contributed by atoms with E-state index < -0.39 is 0 Å². The molecule has 1 aromatic heterocycles. The molecule has 168 valence electrons. The van der Waals surface area contributed by atoms with Gasteiger partial charge in [-0.3, -0.25) is 9.69 Å². The zero-order valence-corrected chi connectivity index (χ0v) is 20.1. The van der Waals surface area contributed by atoms with Crippen LogP contribution >= 0.6 is 34.5 Å². The van der Waals surface area contributed by atoms with E-state index in [1.807, 2.05) is 23.1 Å². The van der Waals surface area contributed by atoms with Gasteiger partial charge >= 0.3 is 0 Å². The van der Waals surface area contributed by atoms with Crippen LogP contribution in [0, 0.1) is 0 Å². The van der Waals surface area contributed by atoms with Gasteiger partial charge in [0.25, 0.3) is 5.91 Å². The highest BCUT2D eigenvalue weighted by atomic mass is 35.5. The molecule has 1 amide bonds. The van der Waals surface area contributed by atoms with Crippen LogP contribution in [0.2, 0.25) is 10.0 Å². The third kappa shape index (κ3) is 5.02. The van der Waals surface area contributed by atoms with Crippen molar-refractivity contribution in [2.45, 2.75) is 6.54 Å². The average Bonchev–Trinajstić information content (AvgIpc) is 3.27. The Labute approximate surface area is 201 Å². The maximum atomic E-state index is 12.8. The summed E-state index contributed by atoms with van der Waals surface area (Å²) in [4.78, 5) is 21.8. The molecule has 4 rings (SSSR count). The molecular formula is C23H23Cl2N3O3S. The van der Waals surface area contributed by atoms with Crippen LogP contribution in [0.4, 0.5) is 0 Å². The Morgan fingerprint density at radius 3 is 2.53 bits per heavy atom. The number of amides is 1. The van der Waals surface area contributed by atoms with Crippen LogP contribution in [0.5, 0.6) is 11.5 Å². The minimum atomic E-state index is -0.0612. The number of hydrogen-bond acceptors (Lipinski definition) is 6. The molecule has 1 aliphatic heterocycles. The lowest BCUT2D eigenvalue weighted by atomic mass is 10.1. The van der Waals surface area contributed by atoms with Gasteiger partial charge in [0.1, 0.15) is 16.5 Å². The number of aromatic nitrogens is 1. The molecular weight excluding hydrogens is 469 g/mol. The molecule has 6 nitrogen and oxygen atoms in total. The summed E-state index contributed by atoms with van der Waals surface area (Å²) < 4.78 is 10.8. The Bertz CT molecular complexity index is 1110. The van der Waals surface area contributed by atoms with Crippen LogP contribution in [0.1, 0.15) is 16.1 Å². The van der Waals surface area contributed by atoms with Gasteiger partial charge in [-0.2, -0.15) is 0 Å². The highest BCUT2D eigenvalue weighted by Crippen LogP contribution is 2.35. The molecule has 9 heteroatoms. The molecule has 1 aliphatic rings. The van der Waals surface area contributed by atoms with Gasteiger partial charge < -0.3 is 14.4 Å². The number of carbonyl (C=O) groups excluding carboxylic acids is 1. The topological polar surface area (TPSA) is 54.9 Å². The van der Waals surface area contributed by atoms with E-state index in [-0.39, 0.29) is 5.91 Å². The minimum Gasteiger partial charge on any atom is -0.497 e. The second-order valence-corrected chi connectivity index (χ2v) is 9.10. The van der Waals surface area contributed by atoms with Crippen LogP contribution in [-0.2, 0) is 6.54 Å². The molecule has 0 unspecified atom stereocenters. The Hall–Kier alpha value is -2.32. The van der Waals surface area contributed by atoms with Gasteiger partial charge in [0.15, 0.2) is 0 Å². The van der Waals surface area contributed by atoms with Crippen LogP contribution in [0.25, 0.3) is 10.6 Å². The van der Waals surface area contributed by atoms with Crippen molar-refractivity contribution in [1.82, 2.24) is 14.8 Å². The number of thiazole rings is 1. The Morgan fingerprint density at radius 2 is 1.84 bits per heavy atom. The average molecular weight is 492 g/mol. The smallest absolute Gasteiger partial charge is 0.255 e. The van der Waals surface area contributed by atoms with Crippen LogP contribution in [0.15, 0.2) is 41.8 Å². The number of nitrogens with zero attached hydrogens (tertiary/aromatic N) is 3. The fourth-order valence-corrected chi connectivity index (χ4v) is 4.98. The van der Waals surface area contributed by atoms with E-state index in [2.05, 4.69) is 10.3 Å². The van der Waals surface area contributed by atoms with Crippen LogP contribution in [-0.4, -0.2) is 61.1 Å². The second kappa shape index (κ2) is 10.1. The molecule has 0 aliphatic carbocycles. The van der Waals surface area contributed by atoms with E-state index in [1.165, 1.54) is 0 Å². The van der Waals surface area contributed by atoms with Gasteiger partial charge in [-0.05, 0) is 30.3 Å². The largest absolute Gasteiger partial charge is 0.497 e. The SMILES string of the molecule is COc1ccc(-c2nc(CN3CCN(C(=O)c4ccc(Cl)cc4Cl)CC3)cs2)c(OC)c1. The Balaban J connectivity index is 1.37. The number of benzene rings is 2. The molecule has 0 saturated carbocycles. The van der Waals surface area contributed by atoms with Crippen molar-refractivity contribution in [3.8, 4) is 22.1 Å². The molecule has 0 atom stereocenters. The van der Waals surface area contributed by atoms with E-state index in [0.29, 0.717) is 28.7 Å². The van der Waals surface area contributed by atoms with Crippen molar-refractivity contribution in [1.29, 1.82) is 0 Å². The molecule has 0 spiro atoms. The first-order valence-corrected chi connectivity index (χ1v) is 11.8. The van der Waals surface area contributed by atoms with Gasteiger partial charge in [-0.25, -0.2) is 4.98 Å². The lowest BCUT2D eigenvalue weighted by Gasteiger charge is -2.34. The quantitative estimate of drug-likeness (QED) is 0.480. The first-order valence-electron chi connectivity index (χ1n) is 10.1. The van der Waals surface area contributed by atoms with Gasteiger partial charge in [-0.15, -0.1) is 11.3 Å². The monoisotopic (exact) mass is 491 g/mol. The molecule has 2 aromatic carbocycles. The van der Waals surface area contributed by atoms with Crippen molar-refractivity contribution in [2.75, 3.05) is 40.4 Å². The number of ether oxygens (including phenoxy) is 2. The highest BCUT2D eigenvalue weighted by Gasteiger charge is 2.24. The third-order valence-corrected chi connectivity index (χ3v) is 6.87. The Kier molecular flexibility index (Phi) is 7.20. The van der Waals surface area contributed by atoms with Crippen molar-refractivity contribution >= 4 is 40.4 Å². The molecule has 1 fully saturated rings. The number of rotatable bonds is 6.